The predicted molar refractivity (Wildman–Crippen MR) is 95.8 cm³/mol. The molecule has 0 heterocycles. The normalized spacial score (nSPS) is 10.2. The third-order valence-electron chi connectivity index (χ3n) is 3.10. The van der Waals surface area contributed by atoms with E-state index in [1.807, 2.05) is 12.1 Å². The van der Waals surface area contributed by atoms with Gasteiger partial charge in [0.25, 0.3) is 5.91 Å². The second-order valence-electron chi connectivity index (χ2n) is 4.92. The van der Waals surface area contributed by atoms with Crippen LogP contribution in [0.5, 0.6) is 0 Å². The van der Waals surface area contributed by atoms with Crippen LogP contribution in [0.15, 0.2) is 53.0 Å². The van der Waals surface area contributed by atoms with Gasteiger partial charge in [-0.3, -0.25) is 9.59 Å². The second kappa shape index (κ2) is 8.70. The molecule has 0 fully saturated rings. The minimum atomic E-state index is -0.143. The van der Waals surface area contributed by atoms with E-state index in [9.17, 15) is 9.59 Å². The summed E-state index contributed by atoms with van der Waals surface area (Å²) < 4.78 is 0.924. The minimum absolute atomic E-state index is 0.0924. The molecule has 4 nitrogen and oxygen atoms in total. The summed E-state index contributed by atoms with van der Waals surface area (Å²) in [5.41, 5.74) is 1.30. The molecule has 0 radical (unpaired) electrons. The highest BCUT2D eigenvalue weighted by molar-refractivity contribution is 9.10. The average Bonchev–Trinajstić information content (AvgIpc) is 2.54. The van der Waals surface area contributed by atoms with E-state index in [0.717, 1.165) is 4.47 Å². The molecule has 0 aromatic heterocycles. The van der Waals surface area contributed by atoms with Gasteiger partial charge in [-0.15, -0.1) is 0 Å². The lowest BCUT2D eigenvalue weighted by Crippen LogP contribution is -2.25. The SMILES string of the molecule is O=C(CCCNC(=O)c1ccc(Br)cc1)Nc1ccc(Cl)cc1. The summed E-state index contributed by atoms with van der Waals surface area (Å²) in [6.45, 7) is 0.447. The number of benzene rings is 2. The topological polar surface area (TPSA) is 58.2 Å². The maximum atomic E-state index is 11.9. The van der Waals surface area contributed by atoms with E-state index >= 15 is 0 Å². The van der Waals surface area contributed by atoms with E-state index in [1.165, 1.54) is 0 Å². The first kappa shape index (κ1) is 17.5. The van der Waals surface area contributed by atoms with Crippen LogP contribution in [0, 0.1) is 0 Å². The van der Waals surface area contributed by atoms with Crippen molar-refractivity contribution < 1.29 is 9.59 Å². The van der Waals surface area contributed by atoms with Crippen molar-refractivity contribution in [3.63, 3.8) is 0 Å². The first-order chi connectivity index (χ1) is 11.0. The number of amides is 2. The van der Waals surface area contributed by atoms with Crippen molar-refractivity contribution in [2.75, 3.05) is 11.9 Å². The number of carbonyl (C=O) groups excluding carboxylic acids is 2. The lowest BCUT2D eigenvalue weighted by atomic mass is 10.2. The Morgan fingerprint density at radius 2 is 1.65 bits per heavy atom. The van der Waals surface area contributed by atoms with Gasteiger partial charge in [-0.25, -0.2) is 0 Å². The molecule has 0 aliphatic carbocycles. The van der Waals surface area contributed by atoms with Crippen LogP contribution in [0.4, 0.5) is 5.69 Å². The largest absolute Gasteiger partial charge is 0.352 e. The van der Waals surface area contributed by atoms with Gasteiger partial charge >= 0.3 is 0 Å². The first-order valence-corrected chi connectivity index (χ1v) is 8.31. The number of hydrogen-bond donors (Lipinski definition) is 2. The molecular weight excluding hydrogens is 380 g/mol. The van der Waals surface area contributed by atoms with Crippen LogP contribution in [0.2, 0.25) is 5.02 Å². The molecular formula is C17H16BrClN2O2. The number of nitrogens with one attached hydrogen (secondary N) is 2. The molecule has 23 heavy (non-hydrogen) atoms. The summed E-state index contributed by atoms with van der Waals surface area (Å²) in [5, 5.41) is 6.20. The quantitative estimate of drug-likeness (QED) is 0.718. The molecule has 2 aromatic carbocycles. The Balaban J connectivity index is 1.68. The molecule has 120 valence electrons. The van der Waals surface area contributed by atoms with Gasteiger partial charge in [-0.2, -0.15) is 0 Å². The second-order valence-corrected chi connectivity index (χ2v) is 6.27. The van der Waals surface area contributed by atoms with Crippen LogP contribution in [0.1, 0.15) is 23.2 Å². The third kappa shape index (κ3) is 6.04. The fraction of sp³-hybridized carbons (Fsp3) is 0.176. The van der Waals surface area contributed by atoms with Crippen molar-refractivity contribution in [1.29, 1.82) is 0 Å². The summed E-state index contributed by atoms with van der Waals surface area (Å²) in [4.78, 5) is 23.7. The molecule has 2 amide bonds. The summed E-state index contributed by atoms with van der Waals surface area (Å²) in [6.07, 6.45) is 0.908. The number of anilines is 1. The van der Waals surface area contributed by atoms with E-state index in [1.54, 1.807) is 36.4 Å². The van der Waals surface area contributed by atoms with Gasteiger partial charge in [0.15, 0.2) is 0 Å². The molecule has 0 aliphatic heterocycles. The van der Waals surface area contributed by atoms with Crippen LogP contribution in [-0.4, -0.2) is 18.4 Å². The Bertz CT molecular complexity index is 672. The van der Waals surface area contributed by atoms with Crippen LogP contribution in [0.3, 0.4) is 0 Å². The molecule has 2 aromatic rings. The van der Waals surface area contributed by atoms with E-state index in [-0.39, 0.29) is 11.8 Å². The van der Waals surface area contributed by atoms with Gasteiger partial charge in [-0.05, 0) is 55.0 Å². The molecule has 2 N–H and O–H groups in total. The summed E-state index contributed by atoms with van der Waals surface area (Å²) in [5.74, 6) is -0.235. The van der Waals surface area contributed by atoms with Gasteiger partial charge in [0.2, 0.25) is 5.91 Å². The van der Waals surface area contributed by atoms with Gasteiger partial charge in [0, 0.05) is 33.7 Å². The number of rotatable bonds is 6. The Kier molecular flexibility index (Phi) is 6.62. The van der Waals surface area contributed by atoms with Crippen molar-refractivity contribution in [3.8, 4) is 0 Å². The van der Waals surface area contributed by atoms with Gasteiger partial charge < -0.3 is 10.6 Å². The van der Waals surface area contributed by atoms with Crippen molar-refractivity contribution in [2.24, 2.45) is 0 Å². The van der Waals surface area contributed by atoms with Crippen LogP contribution < -0.4 is 10.6 Å². The summed E-state index contributed by atoms with van der Waals surface area (Å²) in [6, 6.07) is 14.0. The lowest BCUT2D eigenvalue weighted by molar-refractivity contribution is -0.116. The fourth-order valence-corrected chi connectivity index (χ4v) is 2.30. The molecule has 0 atom stereocenters. The number of hydrogen-bond acceptors (Lipinski definition) is 2. The van der Waals surface area contributed by atoms with Crippen molar-refractivity contribution in [2.45, 2.75) is 12.8 Å². The molecule has 0 aliphatic rings. The maximum Gasteiger partial charge on any atom is 0.251 e. The molecule has 0 bridgehead atoms. The summed E-state index contributed by atoms with van der Waals surface area (Å²) >= 11 is 9.11. The molecule has 0 saturated carbocycles. The fourth-order valence-electron chi connectivity index (χ4n) is 1.91. The predicted octanol–water partition coefficient (Wildman–Crippen LogP) is 4.25. The first-order valence-electron chi connectivity index (χ1n) is 7.14. The van der Waals surface area contributed by atoms with E-state index < -0.39 is 0 Å². The van der Waals surface area contributed by atoms with Crippen LogP contribution >= 0.6 is 27.5 Å². The Morgan fingerprint density at radius 3 is 2.30 bits per heavy atom. The summed E-state index contributed by atoms with van der Waals surface area (Å²) in [7, 11) is 0. The molecule has 6 heteroatoms. The Hall–Kier alpha value is -1.85. The van der Waals surface area contributed by atoms with Crippen molar-refractivity contribution in [3.05, 3.63) is 63.6 Å². The minimum Gasteiger partial charge on any atom is -0.352 e. The molecule has 0 saturated heterocycles. The Labute approximate surface area is 148 Å². The zero-order chi connectivity index (χ0) is 16.7. The van der Waals surface area contributed by atoms with Gasteiger partial charge in [-0.1, -0.05) is 27.5 Å². The third-order valence-corrected chi connectivity index (χ3v) is 3.88. The van der Waals surface area contributed by atoms with Crippen LogP contribution in [-0.2, 0) is 4.79 Å². The smallest absolute Gasteiger partial charge is 0.251 e. The van der Waals surface area contributed by atoms with Crippen molar-refractivity contribution in [1.82, 2.24) is 5.32 Å². The van der Waals surface area contributed by atoms with Crippen LogP contribution in [0.25, 0.3) is 0 Å². The van der Waals surface area contributed by atoms with Crippen molar-refractivity contribution >= 4 is 45.0 Å². The number of halogens is 2. The zero-order valence-electron chi connectivity index (χ0n) is 12.3. The highest BCUT2D eigenvalue weighted by atomic mass is 79.9. The standard InChI is InChI=1S/C17H16BrClN2O2/c18-13-5-3-12(4-6-13)17(23)20-11-1-2-16(22)21-15-9-7-14(19)8-10-15/h3-10H,1-2,11H2,(H,20,23)(H,21,22). The highest BCUT2D eigenvalue weighted by Gasteiger charge is 2.06. The lowest BCUT2D eigenvalue weighted by Gasteiger charge is -2.07. The monoisotopic (exact) mass is 394 g/mol. The maximum absolute atomic E-state index is 11.9. The molecule has 0 spiro atoms. The average molecular weight is 396 g/mol. The Morgan fingerprint density at radius 1 is 1.00 bits per heavy atom. The molecule has 2 rings (SSSR count). The zero-order valence-corrected chi connectivity index (χ0v) is 14.7. The number of carbonyl (C=O) groups is 2. The van der Waals surface area contributed by atoms with E-state index in [2.05, 4.69) is 26.6 Å². The highest BCUT2D eigenvalue weighted by Crippen LogP contribution is 2.13. The van der Waals surface area contributed by atoms with E-state index in [0.29, 0.717) is 35.7 Å². The molecule has 0 unspecified atom stereocenters. The van der Waals surface area contributed by atoms with Gasteiger partial charge in [0.1, 0.15) is 0 Å². The van der Waals surface area contributed by atoms with Gasteiger partial charge in [0.05, 0.1) is 0 Å². The van der Waals surface area contributed by atoms with E-state index in [4.69, 9.17) is 11.6 Å².